The average Bonchev–Trinajstić information content (AvgIpc) is 3.19. The standard InChI is InChI=1S/C23H28N6O2/c1-2-9-26-20-6-5-18(13-19(20)25)23-27-22(28-31-23)17-4-3-15-7-10-29(21(30)14-24)11-8-16(15)12-17/h3-6,12-13,26H,2,7-11,14,24-25H2,1H3. The Kier molecular flexibility index (Phi) is 6.18. The Labute approximate surface area is 181 Å². The van der Waals surface area contributed by atoms with Gasteiger partial charge in [0.15, 0.2) is 0 Å². The number of benzene rings is 2. The van der Waals surface area contributed by atoms with E-state index < -0.39 is 0 Å². The molecule has 2 aromatic carbocycles. The van der Waals surface area contributed by atoms with Crippen molar-refractivity contribution in [3.05, 3.63) is 47.5 Å². The largest absolute Gasteiger partial charge is 0.397 e. The number of aromatic nitrogens is 2. The Hall–Kier alpha value is -3.39. The first-order valence-corrected chi connectivity index (χ1v) is 10.7. The minimum atomic E-state index is -0.00831. The van der Waals surface area contributed by atoms with E-state index in [0.717, 1.165) is 42.6 Å². The first-order valence-electron chi connectivity index (χ1n) is 10.7. The van der Waals surface area contributed by atoms with Gasteiger partial charge in [-0.25, -0.2) is 0 Å². The molecule has 0 fully saturated rings. The van der Waals surface area contributed by atoms with E-state index in [1.807, 2.05) is 29.2 Å². The molecular formula is C23H28N6O2. The number of fused-ring (bicyclic) bond motifs is 1. The van der Waals surface area contributed by atoms with Crippen molar-refractivity contribution >= 4 is 17.3 Å². The molecule has 1 aliphatic rings. The van der Waals surface area contributed by atoms with Gasteiger partial charge < -0.3 is 26.2 Å². The van der Waals surface area contributed by atoms with Crippen molar-refractivity contribution in [1.82, 2.24) is 15.0 Å². The summed E-state index contributed by atoms with van der Waals surface area (Å²) in [5, 5.41) is 7.47. The molecule has 0 saturated carbocycles. The topological polar surface area (TPSA) is 123 Å². The third-order valence-corrected chi connectivity index (χ3v) is 5.58. The molecular weight excluding hydrogens is 392 g/mol. The lowest BCUT2D eigenvalue weighted by atomic mass is 10.00. The van der Waals surface area contributed by atoms with Crippen LogP contribution in [0.4, 0.5) is 11.4 Å². The van der Waals surface area contributed by atoms with Gasteiger partial charge in [-0.15, -0.1) is 0 Å². The SMILES string of the molecule is CCCNc1ccc(-c2nc(-c3ccc4c(c3)CCN(C(=O)CN)CC4)no2)cc1N. The summed E-state index contributed by atoms with van der Waals surface area (Å²) in [6, 6.07) is 11.9. The first-order chi connectivity index (χ1) is 15.1. The zero-order valence-corrected chi connectivity index (χ0v) is 17.7. The van der Waals surface area contributed by atoms with Crippen LogP contribution in [0.15, 0.2) is 40.9 Å². The van der Waals surface area contributed by atoms with E-state index in [0.29, 0.717) is 30.5 Å². The molecule has 5 N–H and O–H groups in total. The molecule has 2 heterocycles. The molecule has 1 aliphatic heterocycles. The van der Waals surface area contributed by atoms with E-state index in [-0.39, 0.29) is 12.5 Å². The molecule has 3 aromatic rings. The quantitative estimate of drug-likeness (QED) is 0.524. The smallest absolute Gasteiger partial charge is 0.258 e. The molecule has 1 aromatic heterocycles. The molecule has 0 bridgehead atoms. The number of carbonyl (C=O) groups excluding carboxylic acids is 1. The number of hydrogen-bond acceptors (Lipinski definition) is 7. The molecule has 162 valence electrons. The van der Waals surface area contributed by atoms with Crippen LogP contribution in [0.3, 0.4) is 0 Å². The summed E-state index contributed by atoms with van der Waals surface area (Å²) < 4.78 is 5.51. The molecule has 0 radical (unpaired) electrons. The first kappa shape index (κ1) is 20.9. The average molecular weight is 421 g/mol. The molecule has 0 aliphatic carbocycles. The van der Waals surface area contributed by atoms with Gasteiger partial charge in [0.2, 0.25) is 11.7 Å². The summed E-state index contributed by atoms with van der Waals surface area (Å²) in [7, 11) is 0. The number of nitrogens with two attached hydrogens (primary N) is 2. The maximum absolute atomic E-state index is 11.9. The maximum atomic E-state index is 11.9. The van der Waals surface area contributed by atoms with Gasteiger partial charge in [-0.1, -0.05) is 24.2 Å². The van der Waals surface area contributed by atoms with Crippen molar-refractivity contribution in [2.24, 2.45) is 5.73 Å². The van der Waals surface area contributed by atoms with E-state index in [2.05, 4.69) is 34.5 Å². The van der Waals surface area contributed by atoms with Crippen LogP contribution in [0.2, 0.25) is 0 Å². The molecule has 0 atom stereocenters. The van der Waals surface area contributed by atoms with Crippen molar-refractivity contribution < 1.29 is 9.32 Å². The number of hydrogen-bond donors (Lipinski definition) is 3. The van der Waals surface area contributed by atoms with E-state index in [9.17, 15) is 4.79 Å². The van der Waals surface area contributed by atoms with Gasteiger partial charge in [-0.2, -0.15) is 4.98 Å². The van der Waals surface area contributed by atoms with Crippen LogP contribution in [0.25, 0.3) is 22.8 Å². The van der Waals surface area contributed by atoms with E-state index >= 15 is 0 Å². The van der Waals surface area contributed by atoms with Gasteiger partial charge in [0.1, 0.15) is 0 Å². The fourth-order valence-corrected chi connectivity index (χ4v) is 3.82. The Balaban J connectivity index is 1.53. The number of carbonyl (C=O) groups is 1. The van der Waals surface area contributed by atoms with Crippen molar-refractivity contribution in [2.75, 3.05) is 37.2 Å². The van der Waals surface area contributed by atoms with Crippen LogP contribution in [-0.4, -0.2) is 47.1 Å². The minimum Gasteiger partial charge on any atom is -0.397 e. The fourth-order valence-electron chi connectivity index (χ4n) is 3.82. The predicted octanol–water partition coefficient (Wildman–Crippen LogP) is 2.69. The fraction of sp³-hybridized carbons (Fsp3) is 0.348. The second-order valence-electron chi connectivity index (χ2n) is 7.72. The summed E-state index contributed by atoms with van der Waals surface area (Å²) in [5.41, 5.74) is 17.3. The molecule has 8 heteroatoms. The molecule has 1 amide bonds. The molecule has 4 rings (SSSR count). The van der Waals surface area contributed by atoms with Crippen LogP contribution in [-0.2, 0) is 17.6 Å². The number of amides is 1. The summed E-state index contributed by atoms with van der Waals surface area (Å²) in [6.07, 6.45) is 2.62. The number of rotatable bonds is 6. The highest BCUT2D eigenvalue weighted by Gasteiger charge is 2.19. The van der Waals surface area contributed by atoms with Gasteiger partial charge in [0.05, 0.1) is 17.9 Å². The minimum absolute atomic E-state index is 0.00831. The number of anilines is 2. The van der Waals surface area contributed by atoms with Crippen molar-refractivity contribution in [1.29, 1.82) is 0 Å². The lowest BCUT2D eigenvalue weighted by Crippen LogP contribution is -2.37. The lowest BCUT2D eigenvalue weighted by molar-refractivity contribution is -0.129. The maximum Gasteiger partial charge on any atom is 0.258 e. The van der Waals surface area contributed by atoms with Gasteiger partial charge in [0.25, 0.3) is 5.89 Å². The van der Waals surface area contributed by atoms with Gasteiger partial charge >= 0.3 is 0 Å². The van der Waals surface area contributed by atoms with Crippen molar-refractivity contribution in [3.63, 3.8) is 0 Å². The molecule has 8 nitrogen and oxygen atoms in total. The second-order valence-corrected chi connectivity index (χ2v) is 7.72. The lowest BCUT2D eigenvalue weighted by Gasteiger charge is -2.18. The number of nitrogen functional groups attached to an aromatic ring is 1. The van der Waals surface area contributed by atoms with E-state index in [1.165, 1.54) is 11.1 Å². The van der Waals surface area contributed by atoms with Crippen LogP contribution < -0.4 is 16.8 Å². The van der Waals surface area contributed by atoms with Gasteiger partial charge in [-0.3, -0.25) is 4.79 Å². The third kappa shape index (κ3) is 4.54. The number of nitrogens with one attached hydrogen (secondary N) is 1. The van der Waals surface area contributed by atoms with Crippen LogP contribution in [0, 0.1) is 0 Å². The second kappa shape index (κ2) is 9.18. The Morgan fingerprint density at radius 3 is 2.65 bits per heavy atom. The molecule has 0 saturated heterocycles. The Bertz CT molecular complexity index is 1080. The molecule has 31 heavy (non-hydrogen) atoms. The predicted molar refractivity (Wildman–Crippen MR) is 121 cm³/mol. The van der Waals surface area contributed by atoms with E-state index in [1.54, 1.807) is 0 Å². The Morgan fingerprint density at radius 2 is 1.90 bits per heavy atom. The zero-order chi connectivity index (χ0) is 21.8. The molecule has 0 unspecified atom stereocenters. The zero-order valence-electron chi connectivity index (χ0n) is 17.7. The highest BCUT2D eigenvalue weighted by atomic mass is 16.5. The summed E-state index contributed by atoms with van der Waals surface area (Å²) >= 11 is 0. The highest BCUT2D eigenvalue weighted by Crippen LogP contribution is 2.29. The van der Waals surface area contributed by atoms with Crippen LogP contribution in [0.5, 0.6) is 0 Å². The normalized spacial score (nSPS) is 13.5. The molecule has 0 spiro atoms. The summed E-state index contributed by atoms with van der Waals surface area (Å²) in [6.45, 7) is 4.38. The number of nitrogens with zero attached hydrogens (tertiary/aromatic N) is 3. The van der Waals surface area contributed by atoms with Crippen LogP contribution in [0.1, 0.15) is 24.5 Å². The van der Waals surface area contributed by atoms with Crippen molar-refractivity contribution in [2.45, 2.75) is 26.2 Å². The summed E-state index contributed by atoms with van der Waals surface area (Å²) in [4.78, 5) is 18.4. The summed E-state index contributed by atoms with van der Waals surface area (Å²) in [5.74, 6) is 0.952. The van der Waals surface area contributed by atoms with Crippen molar-refractivity contribution in [3.8, 4) is 22.8 Å². The Morgan fingerprint density at radius 1 is 1.13 bits per heavy atom. The third-order valence-electron chi connectivity index (χ3n) is 5.58. The van der Waals surface area contributed by atoms with Gasteiger partial charge in [0, 0.05) is 30.8 Å². The monoisotopic (exact) mass is 420 g/mol. The van der Waals surface area contributed by atoms with E-state index in [4.69, 9.17) is 16.0 Å². The highest BCUT2D eigenvalue weighted by molar-refractivity contribution is 5.78. The van der Waals surface area contributed by atoms with Crippen LogP contribution >= 0.6 is 0 Å². The van der Waals surface area contributed by atoms with Gasteiger partial charge in [-0.05, 0) is 54.7 Å².